The summed E-state index contributed by atoms with van der Waals surface area (Å²) in [5, 5.41) is 2.96. The summed E-state index contributed by atoms with van der Waals surface area (Å²) in [5.74, 6) is 2.27. The van der Waals surface area contributed by atoms with Gasteiger partial charge in [0, 0.05) is 6.54 Å². The van der Waals surface area contributed by atoms with Crippen LogP contribution < -0.4 is 14.8 Å². The molecule has 0 radical (unpaired) electrons. The Morgan fingerprint density at radius 1 is 1.36 bits per heavy atom. The molecule has 1 aromatic carbocycles. The lowest BCUT2D eigenvalue weighted by Gasteiger charge is -2.30. The minimum Gasteiger partial charge on any atom is -0.486 e. The van der Waals surface area contributed by atoms with Crippen LogP contribution in [0.3, 0.4) is 0 Å². The lowest BCUT2D eigenvalue weighted by Crippen LogP contribution is -2.46. The molecule has 2 heterocycles. The van der Waals surface area contributed by atoms with Crippen LogP contribution in [-0.2, 0) is 4.79 Å². The maximum Gasteiger partial charge on any atom is 0.234 e. The van der Waals surface area contributed by atoms with Gasteiger partial charge in [0.2, 0.25) is 5.91 Å². The number of rotatable bonds is 4. The molecule has 0 aliphatic carbocycles. The van der Waals surface area contributed by atoms with Gasteiger partial charge in [-0.25, -0.2) is 0 Å². The second kappa shape index (κ2) is 7.01. The van der Waals surface area contributed by atoms with Crippen molar-refractivity contribution in [2.24, 2.45) is 5.92 Å². The van der Waals surface area contributed by atoms with Crippen molar-refractivity contribution in [3.8, 4) is 11.5 Å². The molecule has 0 aromatic heterocycles. The predicted molar refractivity (Wildman–Crippen MR) is 84.2 cm³/mol. The molecule has 22 heavy (non-hydrogen) atoms. The number of carbonyl (C=O) groups excluding carboxylic acids is 1. The first kappa shape index (κ1) is 15.2. The Hall–Kier alpha value is -1.75. The fourth-order valence-corrected chi connectivity index (χ4v) is 3.08. The van der Waals surface area contributed by atoms with E-state index in [1.54, 1.807) is 0 Å². The fourth-order valence-electron chi connectivity index (χ4n) is 3.08. The van der Waals surface area contributed by atoms with Gasteiger partial charge >= 0.3 is 0 Å². The van der Waals surface area contributed by atoms with Crippen molar-refractivity contribution in [2.75, 3.05) is 32.8 Å². The molecule has 2 unspecified atom stereocenters. The van der Waals surface area contributed by atoms with Gasteiger partial charge in [0.05, 0.1) is 13.1 Å². The number of likely N-dealkylation sites (tertiary alicyclic amines) is 1. The second-order valence-corrected chi connectivity index (χ2v) is 6.28. The number of hydrogen-bond acceptors (Lipinski definition) is 4. The largest absolute Gasteiger partial charge is 0.486 e. The van der Waals surface area contributed by atoms with Crippen molar-refractivity contribution >= 4 is 5.91 Å². The molecule has 0 saturated carbocycles. The van der Waals surface area contributed by atoms with Crippen LogP contribution >= 0.6 is 0 Å². The lowest BCUT2D eigenvalue weighted by atomic mass is 10.0. The monoisotopic (exact) mass is 304 g/mol. The number of benzene rings is 1. The van der Waals surface area contributed by atoms with E-state index in [1.165, 1.54) is 12.8 Å². The molecular weight excluding hydrogens is 280 g/mol. The zero-order chi connectivity index (χ0) is 15.4. The first-order valence-corrected chi connectivity index (χ1v) is 8.08. The van der Waals surface area contributed by atoms with Gasteiger partial charge in [-0.15, -0.1) is 0 Å². The van der Waals surface area contributed by atoms with Crippen molar-refractivity contribution in [2.45, 2.75) is 25.9 Å². The van der Waals surface area contributed by atoms with E-state index in [0.29, 0.717) is 25.6 Å². The fraction of sp³-hybridized carbons (Fsp3) is 0.588. The van der Waals surface area contributed by atoms with E-state index in [4.69, 9.17) is 9.47 Å². The quantitative estimate of drug-likeness (QED) is 0.919. The average Bonchev–Trinajstić information content (AvgIpc) is 2.53. The third kappa shape index (κ3) is 3.91. The van der Waals surface area contributed by atoms with Crippen LogP contribution in [0.25, 0.3) is 0 Å². The van der Waals surface area contributed by atoms with E-state index >= 15 is 0 Å². The number of carbonyl (C=O) groups is 1. The molecule has 120 valence electrons. The first-order valence-electron chi connectivity index (χ1n) is 8.08. The first-order chi connectivity index (χ1) is 10.7. The zero-order valence-corrected chi connectivity index (χ0v) is 13.1. The van der Waals surface area contributed by atoms with E-state index in [2.05, 4.69) is 17.1 Å². The smallest absolute Gasteiger partial charge is 0.234 e. The molecular formula is C17H24N2O3. The molecule has 1 aromatic rings. The average molecular weight is 304 g/mol. The topological polar surface area (TPSA) is 50.8 Å². The van der Waals surface area contributed by atoms with Crippen LogP contribution in [0, 0.1) is 5.92 Å². The third-order valence-electron chi connectivity index (χ3n) is 4.20. The highest BCUT2D eigenvalue weighted by atomic mass is 16.6. The van der Waals surface area contributed by atoms with E-state index in [-0.39, 0.29) is 12.0 Å². The molecule has 0 bridgehead atoms. The number of para-hydroxylation sites is 2. The van der Waals surface area contributed by atoms with E-state index in [0.717, 1.165) is 24.6 Å². The molecule has 1 amide bonds. The Labute approximate surface area is 131 Å². The van der Waals surface area contributed by atoms with E-state index in [1.807, 2.05) is 24.3 Å². The lowest BCUT2D eigenvalue weighted by molar-refractivity contribution is -0.123. The number of nitrogens with one attached hydrogen (secondary N) is 1. The number of amides is 1. The summed E-state index contributed by atoms with van der Waals surface area (Å²) < 4.78 is 11.5. The molecule has 2 aliphatic heterocycles. The third-order valence-corrected chi connectivity index (χ3v) is 4.20. The number of piperidine rings is 1. The van der Waals surface area contributed by atoms with Gasteiger partial charge in [0.1, 0.15) is 12.7 Å². The summed E-state index contributed by atoms with van der Waals surface area (Å²) in [6.45, 7) is 5.72. The Kier molecular flexibility index (Phi) is 4.83. The molecule has 2 aliphatic rings. The second-order valence-electron chi connectivity index (χ2n) is 6.28. The molecule has 2 atom stereocenters. The summed E-state index contributed by atoms with van der Waals surface area (Å²) in [6, 6.07) is 7.62. The number of fused-ring (bicyclic) bond motifs is 1. The van der Waals surface area contributed by atoms with Crippen LogP contribution in [-0.4, -0.2) is 49.7 Å². The Morgan fingerprint density at radius 3 is 3.00 bits per heavy atom. The van der Waals surface area contributed by atoms with Crippen LogP contribution in [0.2, 0.25) is 0 Å². The maximum atomic E-state index is 12.1. The van der Waals surface area contributed by atoms with Gasteiger partial charge in [-0.05, 0) is 37.4 Å². The molecule has 1 saturated heterocycles. The summed E-state index contributed by atoms with van der Waals surface area (Å²) in [4.78, 5) is 14.3. The van der Waals surface area contributed by atoms with Gasteiger partial charge < -0.3 is 14.8 Å². The molecule has 5 heteroatoms. The highest BCUT2D eigenvalue weighted by molar-refractivity contribution is 5.78. The number of ether oxygens (including phenoxy) is 2. The van der Waals surface area contributed by atoms with Crippen molar-refractivity contribution in [3.05, 3.63) is 24.3 Å². The summed E-state index contributed by atoms with van der Waals surface area (Å²) >= 11 is 0. The van der Waals surface area contributed by atoms with Gasteiger partial charge in [-0.3, -0.25) is 9.69 Å². The minimum atomic E-state index is -0.126. The number of hydrogen-bond donors (Lipinski definition) is 1. The summed E-state index contributed by atoms with van der Waals surface area (Å²) in [5.41, 5.74) is 0. The Balaban J connectivity index is 1.42. The zero-order valence-electron chi connectivity index (χ0n) is 13.1. The molecule has 3 rings (SSSR count). The van der Waals surface area contributed by atoms with Gasteiger partial charge in [-0.1, -0.05) is 19.1 Å². The Morgan fingerprint density at radius 2 is 2.18 bits per heavy atom. The van der Waals surface area contributed by atoms with Crippen molar-refractivity contribution < 1.29 is 14.3 Å². The molecule has 0 spiro atoms. The van der Waals surface area contributed by atoms with Crippen molar-refractivity contribution in [1.29, 1.82) is 0 Å². The highest BCUT2D eigenvalue weighted by Crippen LogP contribution is 2.30. The van der Waals surface area contributed by atoms with Gasteiger partial charge in [0.15, 0.2) is 11.5 Å². The molecule has 1 N–H and O–H groups in total. The highest BCUT2D eigenvalue weighted by Gasteiger charge is 2.22. The van der Waals surface area contributed by atoms with Crippen LogP contribution in [0.1, 0.15) is 19.8 Å². The van der Waals surface area contributed by atoms with Gasteiger partial charge in [0.25, 0.3) is 0 Å². The van der Waals surface area contributed by atoms with Crippen LogP contribution in [0.5, 0.6) is 11.5 Å². The minimum absolute atomic E-state index is 0.0663. The normalized spacial score (nSPS) is 24.8. The molecule has 1 fully saturated rings. The molecule has 5 nitrogen and oxygen atoms in total. The maximum absolute atomic E-state index is 12.1. The summed E-state index contributed by atoms with van der Waals surface area (Å²) in [6.07, 6.45) is 2.33. The number of nitrogens with zero attached hydrogens (tertiary/aromatic N) is 1. The van der Waals surface area contributed by atoms with Crippen molar-refractivity contribution in [3.63, 3.8) is 0 Å². The van der Waals surface area contributed by atoms with E-state index in [9.17, 15) is 4.79 Å². The van der Waals surface area contributed by atoms with Crippen LogP contribution in [0.4, 0.5) is 0 Å². The van der Waals surface area contributed by atoms with E-state index < -0.39 is 0 Å². The van der Waals surface area contributed by atoms with Gasteiger partial charge in [-0.2, -0.15) is 0 Å². The van der Waals surface area contributed by atoms with Crippen LogP contribution in [0.15, 0.2) is 24.3 Å². The SMILES string of the molecule is CC1CCCN(CC(=O)NCC2COc3ccccc3O2)C1. The Bertz CT molecular complexity index is 520. The summed E-state index contributed by atoms with van der Waals surface area (Å²) in [7, 11) is 0. The van der Waals surface area contributed by atoms with Crippen molar-refractivity contribution in [1.82, 2.24) is 10.2 Å². The standard InChI is InChI=1S/C17H24N2O3/c1-13-5-4-8-19(10-13)11-17(20)18-9-14-12-21-15-6-2-3-7-16(15)22-14/h2-3,6-7,13-14H,4-5,8-12H2,1H3,(H,18,20). The predicted octanol–water partition coefficient (Wildman–Crippen LogP) is 1.67.